The van der Waals surface area contributed by atoms with Crippen molar-refractivity contribution in [2.24, 2.45) is 0 Å². The molecule has 1 atom stereocenters. The second-order valence-electron chi connectivity index (χ2n) is 1.41. The summed E-state index contributed by atoms with van der Waals surface area (Å²) >= 11 is 1.61. The molecule has 1 nitrogen and oxygen atoms in total. The molecular weight excluding hydrogens is 246 g/mol. The van der Waals surface area contributed by atoms with E-state index in [4.69, 9.17) is 0 Å². The van der Waals surface area contributed by atoms with Gasteiger partial charge in [-0.3, -0.25) is 0 Å². The van der Waals surface area contributed by atoms with Crippen LogP contribution in [-0.2, 0) is 4.74 Å². The third kappa shape index (κ3) is 4.46. The Hall–Kier alpha value is 0.0200. The molecular formula is C3HBrF6O. The fourth-order valence-corrected chi connectivity index (χ4v) is 0.292. The van der Waals surface area contributed by atoms with Crippen LogP contribution in [0.1, 0.15) is 0 Å². The first kappa shape index (κ1) is 11.0. The van der Waals surface area contributed by atoms with Crippen molar-refractivity contribution >= 4 is 15.9 Å². The van der Waals surface area contributed by atoms with Crippen molar-refractivity contribution in [1.29, 1.82) is 0 Å². The zero-order valence-corrected chi connectivity index (χ0v) is 6.22. The number of hydrogen-bond acceptors (Lipinski definition) is 1. The summed E-state index contributed by atoms with van der Waals surface area (Å²) in [5, 5.41) is -3.18. The molecule has 0 aromatic heterocycles. The second kappa shape index (κ2) is 3.18. The van der Waals surface area contributed by atoms with E-state index < -0.39 is 17.6 Å². The Morgan fingerprint density at radius 2 is 1.45 bits per heavy atom. The van der Waals surface area contributed by atoms with Crippen LogP contribution in [0.4, 0.5) is 26.3 Å². The maximum atomic E-state index is 11.7. The monoisotopic (exact) mass is 246 g/mol. The fourth-order valence-electron chi connectivity index (χ4n) is 0.199. The molecule has 8 heteroatoms. The molecule has 0 amide bonds. The van der Waals surface area contributed by atoms with Gasteiger partial charge in [0, 0.05) is 0 Å². The molecule has 0 aromatic carbocycles. The molecule has 0 aromatic rings. The van der Waals surface area contributed by atoms with Crippen LogP contribution >= 0.6 is 15.9 Å². The van der Waals surface area contributed by atoms with Gasteiger partial charge in [-0.1, -0.05) is 0 Å². The molecule has 0 bridgehead atoms. The predicted octanol–water partition coefficient (Wildman–Crippen LogP) is 2.81. The van der Waals surface area contributed by atoms with E-state index in [1.165, 1.54) is 0 Å². The SMILES string of the molecule is FC(Br)C(F)(F)OC(F)(F)F. The first-order valence-corrected chi connectivity index (χ1v) is 2.99. The van der Waals surface area contributed by atoms with Gasteiger partial charge >= 0.3 is 12.5 Å². The smallest absolute Gasteiger partial charge is 0.225 e. The van der Waals surface area contributed by atoms with Gasteiger partial charge in [0.15, 0.2) is 0 Å². The van der Waals surface area contributed by atoms with Crippen molar-refractivity contribution in [2.45, 2.75) is 17.6 Å². The molecule has 0 saturated carbocycles. The Kier molecular flexibility index (Phi) is 3.18. The summed E-state index contributed by atoms with van der Waals surface area (Å²) in [5.74, 6) is 0. The molecule has 0 radical (unpaired) electrons. The second-order valence-corrected chi connectivity index (χ2v) is 2.21. The maximum absolute atomic E-state index is 11.7. The quantitative estimate of drug-likeness (QED) is 0.538. The average Bonchev–Trinajstić information content (AvgIpc) is 1.56. The van der Waals surface area contributed by atoms with Crippen molar-refractivity contribution in [3.63, 3.8) is 0 Å². The molecule has 0 N–H and O–H groups in total. The minimum atomic E-state index is -5.55. The van der Waals surface area contributed by atoms with Crippen LogP contribution in [0.5, 0.6) is 0 Å². The Morgan fingerprint density at radius 1 is 1.09 bits per heavy atom. The molecule has 68 valence electrons. The van der Waals surface area contributed by atoms with E-state index in [-0.39, 0.29) is 0 Å². The van der Waals surface area contributed by atoms with Crippen LogP contribution < -0.4 is 0 Å². The van der Waals surface area contributed by atoms with Crippen LogP contribution in [0.25, 0.3) is 0 Å². The Morgan fingerprint density at radius 3 is 1.55 bits per heavy atom. The van der Waals surface area contributed by atoms with Gasteiger partial charge in [0.1, 0.15) is 0 Å². The average molecular weight is 247 g/mol. The number of rotatable bonds is 2. The number of halogens is 7. The minimum Gasteiger partial charge on any atom is -0.225 e. The molecule has 0 aliphatic rings. The predicted molar refractivity (Wildman–Crippen MR) is 25.9 cm³/mol. The summed E-state index contributed by atoms with van der Waals surface area (Å²) in [6, 6.07) is 0. The molecule has 0 saturated heterocycles. The molecule has 11 heavy (non-hydrogen) atoms. The van der Waals surface area contributed by atoms with Crippen molar-refractivity contribution in [1.82, 2.24) is 0 Å². The van der Waals surface area contributed by atoms with Crippen LogP contribution in [0, 0.1) is 0 Å². The Bertz CT molecular complexity index is 130. The lowest BCUT2D eigenvalue weighted by atomic mass is 10.7. The van der Waals surface area contributed by atoms with Crippen molar-refractivity contribution in [3.05, 3.63) is 0 Å². The van der Waals surface area contributed by atoms with E-state index in [2.05, 4.69) is 4.74 Å². The third-order valence-electron chi connectivity index (χ3n) is 0.506. The van der Waals surface area contributed by atoms with Crippen LogP contribution in [0.2, 0.25) is 0 Å². The number of hydrogen-bond donors (Lipinski definition) is 0. The lowest BCUT2D eigenvalue weighted by molar-refractivity contribution is -0.429. The molecule has 0 fully saturated rings. The highest BCUT2D eigenvalue weighted by molar-refractivity contribution is 9.09. The molecule has 0 rings (SSSR count). The van der Waals surface area contributed by atoms with Gasteiger partial charge in [0.05, 0.1) is 0 Å². The fraction of sp³-hybridized carbons (Fsp3) is 1.00. The highest BCUT2D eigenvalue weighted by Gasteiger charge is 2.50. The molecule has 0 aliphatic carbocycles. The molecule has 0 heterocycles. The summed E-state index contributed by atoms with van der Waals surface area (Å²) in [4.78, 5) is 0. The lowest BCUT2D eigenvalue weighted by Gasteiger charge is -2.17. The van der Waals surface area contributed by atoms with Crippen LogP contribution in [0.15, 0.2) is 0 Å². The summed E-state index contributed by atoms with van der Waals surface area (Å²) in [7, 11) is 0. The first-order chi connectivity index (χ1) is 4.65. The van der Waals surface area contributed by atoms with Crippen molar-refractivity contribution in [3.8, 4) is 0 Å². The Balaban J connectivity index is 4.13. The largest absolute Gasteiger partial charge is 0.527 e. The van der Waals surface area contributed by atoms with Gasteiger partial charge in [0.2, 0.25) is 5.08 Å². The van der Waals surface area contributed by atoms with Crippen molar-refractivity contribution < 1.29 is 31.1 Å². The maximum Gasteiger partial charge on any atom is 0.527 e. The highest BCUT2D eigenvalue weighted by atomic mass is 79.9. The summed E-state index contributed by atoms with van der Waals surface area (Å²) in [6.07, 6.45) is -10.4. The first-order valence-electron chi connectivity index (χ1n) is 2.08. The van der Waals surface area contributed by atoms with E-state index in [0.29, 0.717) is 0 Å². The highest BCUT2D eigenvalue weighted by Crippen LogP contribution is 2.34. The van der Waals surface area contributed by atoms with E-state index in [0.717, 1.165) is 0 Å². The van der Waals surface area contributed by atoms with E-state index in [9.17, 15) is 26.3 Å². The number of ether oxygens (including phenoxy) is 1. The van der Waals surface area contributed by atoms with E-state index in [1.54, 1.807) is 15.9 Å². The van der Waals surface area contributed by atoms with Crippen LogP contribution in [0.3, 0.4) is 0 Å². The van der Waals surface area contributed by atoms with Crippen molar-refractivity contribution in [2.75, 3.05) is 0 Å². The van der Waals surface area contributed by atoms with Gasteiger partial charge in [-0.2, -0.15) is 8.78 Å². The Labute approximate surface area is 65.4 Å². The van der Waals surface area contributed by atoms with E-state index >= 15 is 0 Å². The zero-order chi connectivity index (χ0) is 9.28. The van der Waals surface area contributed by atoms with E-state index in [1.807, 2.05) is 0 Å². The van der Waals surface area contributed by atoms with Gasteiger partial charge in [-0.25, -0.2) is 9.13 Å². The third-order valence-corrected chi connectivity index (χ3v) is 1.04. The summed E-state index contributed by atoms with van der Waals surface area (Å²) < 4.78 is 70.1. The van der Waals surface area contributed by atoms with Gasteiger partial charge in [0.25, 0.3) is 0 Å². The lowest BCUT2D eigenvalue weighted by Crippen LogP contribution is -2.35. The summed E-state index contributed by atoms with van der Waals surface area (Å²) in [6.45, 7) is 0. The minimum absolute atomic E-state index is 1.61. The molecule has 0 spiro atoms. The van der Waals surface area contributed by atoms with Gasteiger partial charge < -0.3 is 0 Å². The normalized spacial score (nSPS) is 16.6. The summed E-state index contributed by atoms with van der Waals surface area (Å²) in [5.41, 5.74) is 0. The topological polar surface area (TPSA) is 9.23 Å². The standard InChI is InChI=1S/C3HBrF6O/c4-1(5)2(6,7)11-3(8,9)10/h1H. The van der Waals surface area contributed by atoms with Gasteiger partial charge in [-0.15, -0.1) is 13.2 Å². The van der Waals surface area contributed by atoms with Crippen LogP contribution in [-0.4, -0.2) is 17.6 Å². The molecule has 0 aliphatic heterocycles. The van der Waals surface area contributed by atoms with Gasteiger partial charge in [-0.05, 0) is 15.9 Å². The number of alkyl halides is 7. The molecule has 1 unspecified atom stereocenters. The zero-order valence-electron chi connectivity index (χ0n) is 4.63.